The molecule has 2 aliphatic heterocycles. The van der Waals surface area contributed by atoms with Gasteiger partial charge in [-0.2, -0.15) is 0 Å². The van der Waals surface area contributed by atoms with E-state index >= 15 is 0 Å². The van der Waals surface area contributed by atoms with Gasteiger partial charge in [-0.1, -0.05) is 30.3 Å². The zero-order valence-corrected chi connectivity index (χ0v) is 15.8. The van der Waals surface area contributed by atoms with E-state index in [1.54, 1.807) is 7.11 Å². The predicted octanol–water partition coefficient (Wildman–Crippen LogP) is 3.01. The number of carbonyl (C=O) groups excluding carboxylic acids is 1. The Bertz CT molecular complexity index is 814. The molecular weight excluding hydrogens is 342 g/mol. The van der Waals surface area contributed by atoms with Crippen molar-refractivity contribution in [2.75, 3.05) is 33.9 Å². The predicted molar refractivity (Wildman–Crippen MR) is 102 cm³/mol. The van der Waals surface area contributed by atoms with E-state index in [0.717, 1.165) is 37.1 Å². The van der Waals surface area contributed by atoms with Gasteiger partial charge in [0.05, 0.1) is 7.11 Å². The van der Waals surface area contributed by atoms with Crippen LogP contribution in [0.4, 0.5) is 0 Å². The number of benzene rings is 2. The fourth-order valence-electron chi connectivity index (χ4n) is 3.96. The van der Waals surface area contributed by atoms with Crippen molar-refractivity contribution >= 4 is 5.97 Å². The third-order valence-corrected chi connectivity index (χ3v) is 5.65. The average molecular weight is 367 g/mol. The molecule has 0 spiro atoms. The van der Waals surface area contributed by atoms with Crippen LogP contribution in [0.2, 0.25) is 0 Å². The Kier molecular flexibility index (Phi) is 4.79. The van der Waals surface area contributed by atoms with Gasteiger partial charge in [-0.15, -0.1) is 0 Å². The number of methoxy groups -OCH3 is 1. The molecule has 0 N–H and O–H groups in total. The molecule has 27 heavy (non-hydrogen) atoms. The smallest absolute Gasteiger partial charge is 0.325 e. The number of nitrogens with zero attached hydrogens (tertiary/aromatic N) is 1. The number of piperidine rings is 1. The normalized spacial score (nSPS) is 22.7. The SMILES string of the molecule is COc1ccc2c(c1)C(C(=O)OC1CCN(C)CC1)(c1ccccc1)CO2. The summed E-state index contributed by atoms with van der Waals surface area (Å²) in [5.41, 5.74) is 0.731. The van der Waals surface area contributed by atoms with Crippen LogP contribution < -0.4 is 9.47 Å². The fourth-order valence-corrected chi connectivity index (χ4v) is 3.96. The van der Waals surface area contributed by atoms with Gasteiger partial charge >= 0.3 is 5.97 Å². The lowest BCUT2D eigenvalue weighted by molar-refractivity contribution is -0.157. The van der Waals surface area contributed by atoms with Gasteiger partial charge in [0.15, 0.2) is 5.41 Å². The Labute approximate surface area is 159 Å². The molecule has 2 heterocycles. The molecule has 1 saturated heterocycles. The quantitative estimate of drug-likeness (QED) is 0.778. The summed E-state index contributed by atoms with van der Waals surface area (Å²) in [4.78, 5) is 15.8. The van der Waals surface area contributed by atoms with Crippen LogP contribution in [0.5, 0.6) is 11.5 Å². The number of fused-ring (bicyclic) bond motifs is 1. The second-order valence-electron chi connectivity index (χ2n) is 7.33. The van der Waals surface area contributed by atoms with Crippen molar-refractivity contribution in [2.24, 2.45) is 0 Å². The highest BCUT2D eigenvalue weighted by atomic mass is 16.6. The van der Waals surface area contributed by atoms with Crippen LogP contribution in [0, 0.1) is 0 Å². The molecule has 1 fully saturated rings. The van der Waals surface area contributed by atoms with Gasteiger partial charge in [0.2, 0.25) is 0 Å². The molecular formula is C22H25NO4. The minimum atomic E-state index is -0.964. The largest absolute Gasteiger partial charge is 0.497 e. The van der Waals surface area contributed by atoms with Crippen LogP contribution in [-0.4, -0.2) is 50.8 Å². The number of rotatable bonds is 4. The van der Waals surface area contributed by atoms with E-state index < -0.39 is 5.41 Å². The van der Waals surface area contributed by atoms with E-state index in [1.165, 1.54) is 0 Å². The molecule has 0 aliphatic carbocycles. The first kappa shape index (κ1) is 17.9. The molecule has 1 atom stereocenters. The molecule has 0 saturated carbocycles. The van der Waals surface area contributed by atoms with Crippen LogP contribution >= 0.6 is 0 Å². The van der Waals surface area contributed by atoms with Gasteiger partial charge in [0.25, 0.3) is 0 Å². The first-order valence-corrected chi connectivity index (χ1v) is 9.40. The number of ether oxygens (including phenoxy) is 3. The van der Waals surface area contributed by atoms with Crippen LogP contribution in [0.1, 0.15) is 24.0 Å². The van der Waals surface area contributed by atoms with Gasteiger partial charge in [-0.25, -0.2) is 0 Å². The lowest BCUT2D eigenvalue weighted by Gasteiger charge is -2.33. The summed E-state index contributed by atoms with van der Waals surface area (Å²) in [7, 11) is 3.72. The summed E-state index contributed by atoms with van der Waals surface area (Å²) in [6, 6.07) is 15.4. The van der Waals surface area contributed by atoms with E-state index in [4.69, 9.17) is 14.2 Å². The average Bonchev–Trinajstić information content (AvgIpc) is 3.10. The highest BCUT2D eigenvalue weighted by Gasteiger charge is 2.51. The van der Waals surface area contributed by atoms with Crippen molar-refractivity contribution in [3.8, 4) is 11.5 Å². The van der Waals surface area contributed by atoms with E-state index in [2.05, 4.69) is 11.9 Å². The molecule has 4 rings (SSSR count). The molecule has 0 bridgehead atoms. The van der Waals surface area contributed by atoms with Crippen molar-refractivity contribution < 1.29 is 19.0 Å². The lowest BCUT2D eigenvalue weighted by atomic mass is 9.76. The monoisotopic (exact) mass is 367 g/mol. The van der Waals surface area contributed by atoms with Gasteiger partial charge < -0.3 is 19.1 Å². The molecule has 2 aromatic carbocycles. The number of likely N-dealkylation sites (tertiary alicyclic amines) is 1. The van der Waals surface area contributed by atoms with Crippen LogP contribution in [0.25, 0.3) is 0 Å². The van der Waals surface area contributed by atoms with E-state index in [-0.39, 0.29) is 18.7 Å². The third kappa shape index (κ3) is 3.16. The molecule has 0 radical (unpaired) electrons. The minimum Gasteiger partial charge on any atom is -0.497 e. The van der Waals surface area contributed by atoms with Gasteiger partial charge in [0, 0.05) is 18.7 Å². The van der Waals surface area contributed by atoms with Crippen molar-refractivity contribution in [1.82, 2.24) is 4.90 Å². The van der Waals surface area contributed by atoms with Gasteiger partial charge in [-0.3, -0.25) is 4.79 Å². The van der Waals surface area contributed by atoms with Crippen molar-refractivity contribution in [2.45, 2.75) is 24.4 Å². The summed E-state index contributed by atoms with van der Waals surface area (Å²) in [5.74, 6) is 1.17. The Morgan fingerprint density at radius 1 is 1.15 bits per heavy atom. The molecule has 142 valence electrons. The highest BCUT2D eigenvalue weighted by Crippen LogP contribution is 2.46. The Morgan fingerprint density at radius 3 is 2.59 bits per heavy atom. The van der Waals surface area contributed by atoms with Crippen LogP contribution in [-0.2, 0) is 14.9 Å². The Morgan fingerprint density at radius 2 is 1.89 bits per heavy atom. The maximum absolute atomic E-state index is 13.5. The second kappa shape index (κ2) is 7.24. The number of esters is 1. The molecule has 0 amide bonds. The van der Waals surface area contributed by atoms with Gasteiger partial charge in [-0.05, 0) is 43.7 Å². The summed E-state index contributed by atoms with van der Waals surface area (Å²) in [6.07, 6.45) is 1.67. The maximum atomic E-state index is 13.5. The lowest BCUT2D eigenvalue weighted by Crippen LogP contribution is -2.44. The van der Waals surface area contributed by atoms with E-state index in [1.807, 2.05) is 48.5 Å². The number of carbonyl (C=O) groups is 1. The standard InChI is InChI=1S/C22H25NO4/c1-23-12-10-17(11-13-23)27-21(24)22(16-6-4-3-5-7-16)15-26-20-9-8-18(25-2)14-19(20)22/h3-9,14,17H,10-13,15H2,1-2H3. The minimum absolute atomic E-state index is 0.0519. The topological polar surface area (TPSA) is 48.0 Å². The van der Waals surface area contributed by atoms with Crippen LogP contribution in [0.15, 0.2) is 48.5 Å². The first-order chi connectivity index (χ1) is 13.1. The first-order valence-electron chi connectivity index (χ1n) is 9.40. The second-order valence-corrected chi connectivity index (χ2v) is 7.33. The maximum Gasteiger partial charge on any atom is 0.325 e. The third-order valence-electron chi connectivity index (χ3n) is 5.65. The van der Waals surface area contributed by atoms with E-state index in [9.17, 15) is 4.79 Å². The summed E-state index contributed by atoms with van der Waals surface area (Å²) >= 11 is 0. The van der Waals surface area contributed by atoms with Crippen molar-refractivity contribution in [3.05, 3.63) is 59.7 Å². The van der Waals surface area contributed by atoms with Crippen LogP contribution in [0.3, 0.4) is 0 Å². The Balaban J connectivity index is 1.73. The summed E-state index contributed by atoms with van der Waals surface area (Å²) in [6.45, 7) is 2.12. The number of hydrogen-bond donors (Lipinski definition) is 0. The molecule has 5 nitrogen and oxygen atoms in total. The molecule has 2 aliphatic rings. The van der Waals surface area contributed by atoms with Gasteiger partial charge in [0.1, 0.15) is 24.2 Å². The zero-order chi connectivity index (χ0) is 18.9. The van der Waals surface area contributed by atoms with E-state index in [0.29, 0.717) is 11.5 Å². The number of hydrogen-bond acceptors (Lipinski definition) is 5. The van der Waals surface area contributed by atoms with Crippen molar-refractivity contribution in [3.63, 3.8) is 0 Å². The molecule has 0 aromatic heterocycles. The Hall–Kier alpha value is -2.53. The zero-order valence-electron chi connectivity index (χ0n) is 15.8. The summed E-state index contributed by atoms with van der Waals surface area (Å²) in [5, 5.41) is 0. The fraction of sp³-hybridized carbons (Fsp3) is 0.409. The molecule has 1 unspecified atom stereocenters. The summed E-state index contributed by atoms with van der Waals surface area (Å²) < 4.78 is 17.4. The van der Waals surface area contributed by atoms with Crippen molar-refractivity contribution in [1.29, 1.82) is 0 Å². The highest BCUT2D eigenvalue weighted by molar-refractivity contribution is 5.90. The molecule has 2 aromatic rings. The molecule has 5 heteroatoms.